The van der Waals surface area contributed by atoms with Gasteiger partial charge in [0.1, 0.15) is 24.4 Å². The van der Waals surface area contributed by atoms with Crippen LogP contribution in [0.15, 0.2) is 48.3 Å². The number of aliphatic hydroxyl groups is 1. The van der Waals surface area contributed by atoms with E-state index < -0.39 is 36.4 Å². The van der Waals surface area contributed by atoms with E-state index >= 15 is 0 Å². The van der Waals surface area contributed by atoms with Crippen molar-refractivity contribution in [3.8, 4) is 0 Å². The predicted octanol–water partition coefficient (Wildman–Crippen LogP) is 2.89. The molecule has 1 aromatic carbocycles. The van der Waals surface area contributed by atoms with Crippen molar-refractivity contribution in [2.24, 2.45) is 0 Å². The van der Waals surface area contributed by atoms with Gasteiger partial charge in [-0.25, -0.2) is 9.18 Å². The number of halogens is 1. The molecule has 2 atom stereocenters. The van der Waals surface area contributed by atoms with Gasteiger partial charge in [-0.05, 0) is 38.0 Å². The number of aliphatic hydroxyl groups excluding tert-OH is 1. The zero-order valence-electron chi connectivity index (χ0n) is 17.5. The summed E-state index contributed by atoms with van der Waals surface area (Å²) in [5.74, 6) is 0.0858. The maximum absolute atomic E-state index is 13.3. The zero-order valence-corrected chi connectivity index (χ0v) is 17.5. The topological polar surface area (TPSA) is 96.9 Å². The van der Waals surface area contributed by atoms with Crippen molar-refractivity contribution in [1.82, 2.24) is 10.6 Å². The van der Waals surface area contributed by atoms with Crippen LogP contribution in [0.2, 0.25) is 0 Å². The lowest BCUT2D eigenvalue weighted by molar-refractivity contribution is -0.124. The third-order valence-corrected chi connectivity index (χ3v) is 4.10. The molecule has 2 unspecified atom stereocenters. The highest BCUT2D eigenvalue weighted by Gasteiger charge is 2.23. The van der Waals surface area contributed by atoms with Gasteiger partial charge < -0.3 is 25.2 Å². The van der Waals surface area contributed by atoms with Crippen molar-refractivity contribution in [1.29, 1.82) is 0 Å². The Morgan fingerprint density at radius 1 is 1.23 bits per heavy atom. The number of carbonyl (C=O) groups excluding carboxylic acids is 2. The second kappa shape index (κ2) is 10.8. The Morgan fingerprint density at radius 3 is 2.50 bits per heavy atom. The summed E-state index contributed by atoms with van der Waals surface area (Å²) < 4.78 is 24.0. The number of alkyl carbamates (subject to hydrolysis) is 1. The number of alkyl halides is 1. The van der Waals surface area contributed by atoms with Crippen molar-refractivity contribution >= 4 is 12.0 Å². The molecule has 0 aromatic heterocycles. The van der Waals surface area contributed by atoms with Gasteiger partial charge in [0.05, 0.1) is 12.4 Å². The highest BCUT2D eigenvalue weighted by Crippen LogP contribution is 2.18. The minimum absolute atomic E-state index is 0.228. The Hall–Kier alpha value is -2.87. The third-order valence-electron chi connectivity index (χ3n) is 4.10. The highest BCUT2D eigenvalue weighted by molar-refractivity contribution is 5.85. The molecule has 0 bridgehead atoms. The summed E-state index contributed by atoms with van der Waals surface area (Å²) in [6.45, 7) is 5.12. The molecule has 0 aliphatic heterocycles. The van der Waals surface area contributed by atoms with Crippen LogP contribution in [0.5, 0.6) is 0 Å². The van der Waals surface area contributed by atoms with Crippen LogP contribution in [0, 0.1) is 0 Å². The third kappa shape index (κ3) is 8.24. The van der Waals surface area contributed by atoms with E-state index in [1.165, 1.54) is 6.08 Å². The average Bonchev–Trinajstić information content (AvgIpc) is 2.68. The molecule has 30 heavy (non-hydrogen) atoms. The minimum atomic E-state index is -1.11. The molecule has 0 radical (unpaired) electrons. The number of hydrogen-bond donors (Lipinski definition) is 3. The van der Waals surface area contributed by atoms with Gasteiger partial charge in [-0.1, -0.05) is 36.4 Å². The fourth-order valence-electron chi connectivity index (χ4n) is 2.60. The largest absolute Gasteiger partial charge is 0.493 e. The zero-order chi connectivity index (χ0) is 22.1. The quantitative estimate of drug-likeness (QED) is 0.601. The van der Waals surface area contributed by atoms with Gasteiger partial charge in [-0.3, -0.25) is 4.79 Å². The van der Waals surface area contributed by atoms with Crippen molar-refractivity contribution in [2.45, 2.75) is 58.2 Å². The molecule has 8 heteroatoms. The minimum Gasteiger partial charge on any atom is -0.493 e. The molecule has 1 aliphatic rings. The number of benzene rings is 1. The van der Waals surface area contributed by atoms with Crippen LogP contribution in [-0.2, 0) is 27.4 Å². The van der Waals surface area contributed by atoms with Crippen molar-refractivity contribution in [3.63, 3.8) is 0 Å². The smallest absolute Gasteiger partial charge is 0.408 e. The molecule has 3 N–H and O–H groups in total. The molecular weight excluding hydrogens is 391 g/mol. The number of allylic oxidation sites excluding steroid dienone is 4. The first kappa shape index (κ1) is 23.4. The van der Waals surface area contributed by atoms with Gasteiger partial charge >= 0.3 is 6.09 Å². The normalized spacial score (nSPS) is 17.0. The van der Waals surface area contributed by atoms with E-state index in [1.807, 2.05) is 24.3 Å². The first-order valence-corrected chi connectivity index (χ1v) is 9.76. The number of nitrogens with one attached hydrogen (secondary N) is 2. The Morgan fingerprint density at radius 2 is 1.90 bits per heavy atom. The predicted molar refractivity (Wildman–Crippen MR) is 110 cm³/mol. The Balaban J connectivity index is 1.79. The van der Waals surface area contributed by atoms with Crippen LogP contribution < -0.4 is 10.6 Å². The summed E-state index contributed by atoms with van der Waals surface area (Å²) in [5, 5.41) is 14.4. The molecule has 0 spiro atoms. The monoisotopic (exact) mass is 420 g/mol. The van der Waals surface area contributed by atoms with Gasteiger partial charge in [0.25, 0.3) is 0 Å². The van der Waals surface area contributed by atoms with Gasteiger partial charge in [-0.15, -0.1) is 0 Å². The van der Waals surface area contributed by atoms with E-state index in [1.54, 1.807) is 32.9 Å². The maximum atomic E-state index is 13.3. The van der Waals surface area contributed by atoms with Crippen LogP contribution in [-0.4, -0.2) is 41.5 Å². The summed E-state index contributed by atoms with van der Waals surface area (Å²) in [6.07, 6.45) is 3.34. The average molecular weight is 420 g/mol. The lowest BCUT2D eigenvalue weighted by Crippen LogP contribution is -2.49. The van der Waals surface area contributed by atoms with E-state index in [9.17, 15) is 19.1 Å². The summed E-state index contributed by atoms with van der Waals surface area (Å²) in [5.41, 5.74) is 1.05. The molecule has 0 fully saturated rings. The Kier molecular flexibility index (Phi) is 8.41. The molecule has 0 saturated heterocycles. The Bertz CT molecular complexity index is 784. The van der Waals surface area contributed by atoms with E-state index in [4.69, 9.17) is 9.47 Å². The fourth-order valence-corrected chi connectivity index (χ4v) is 2.60. The molecule has 2 amide bonds. The van der Waals surface area contributed by atoms with Crippen LogP contribution in [0.25, 0.3) is 0 Å². The summed E-state index contributed by atoms with van der Waals surface area (Å²) >= 11 is 0. The summed E-state index contributed by atoms with van der Waals surface area (Å²) in [7, 11) is 0. The van der Waals surface area contributed by atoms with Gasteiger partial charge in [0.15, 0.2) is 0 Å². The second-order valence-electron chi connectivity index (χ2n) is 7.94. The number of carbonyl (C=O) groups is 2. The van der Waals surface area contributed by atoms with Gasteiger partial charge in [0.2, 0.25) is 5.91 Å². The molecular formula is C22H29FN2O5. The number of hydrogen-bond acceptors (Lipinski definition) is 5. The van der Waals surface area contributed by atoms with Crippen LogP contribution in [0.1, 0.15) is 38.3 Å². The standard InChI is InChI=1S/C22H29FN2O5/c1-22(2,3)30-21(28)25-19(13-26)20(27)24-12-15-7-9-16(10-8-15)14-29-18-6-4-5-17(23)11-18/h4-10,17,19,26H,11-14H2,1-3H3,(H,24,27)(H,25,28). The Labute approximate surface area is 175 Å². The first-order valence-electron chi connectivity index (χ1n) is 9.76. The molecule has 0 saturated carbocycles. The maximum Gasteiger partial charge on any atom is 0.408 e. The number of ether oxygens (including phenoxy) is 2. The van der Waals surface area contributed by atoms with Gasteiger partial charge in [0, 0.05) is 13.0 Å². The first-order chi connectivity index (χ1) is 14.2. The highest BCUT2D eigenvalue weighted by atomic mass is 19.1. The molecule has 2 rings (SSSR count). The SMILES string of the molecule is CC(C)(C)OC(=O)NC(CO)C(=O)NCc1ccc(COC2=CC=CC(F)C2)cc1. The van der Waals surface area contributed by atoms with Crippen molar-refractivity contribution in [2.75, 3.05) is 6.61 Å². The molecule has 1 aliphatic carbocycles. The molecule has 1 aromatic rings. The van der Waals surface area contributed by atoms with Crippen molar-refractivity contribution in [3.05, 3.63) is 59.4 Å². The van der Waals surface area contributed by atoms with Gasteiger partial charge in [-0.2, -0.15) is 0 Å². The fraction of sp³-hybridized carbons (Fsp3) is 0.455. The van der Waals surface area contributed by atoms with Crippen LogP contribution in [0.4, 0.5) is 9.18 Å². The van der Waals surface area contributed by atoms with E-state index in [0.717, 1.165) is 11.1 Å². The molecule has 7 nitrogen and oxygen atoms in total. The second-order valence-corrected chi connectivity index (χ2v) is 7.94. The van der Waals surface area contributed by atoms with E-state index in [2.05, 4.69) is 10.6 Å². The lowest BCUT2D eigenvalue weighted by atomic mass is 10.1. The van der Waals surface area contributed by atoms with Crippen molar-refractivity contribution < 1.29 is 28.6 Å². The summed E-state index contributed by atoms with van der Waals surface area (Å²) in [6, 6.07) is 6.28. The van der Waals surface area contributed by atoms with E-state index in [-0.39, 0.29) is 13.0 Å². The lowest BCUT2D eigenvalue weighted by Gasteiger charge is -2.22. The summed E-state index contributed by atoms with van der Waals surface area (Å²) in [4.78, 5) is 24.0. The molecule has 0 heterocycles. The number of amides is 2. The van der Waals surface area contributed by atoms with Crippen LogP contribution in [0.3, 0.4) is 0 Å². The van der Waals surface area contributed by atoms with Crippen LogP contribution >= 0.6 is 0 Å². The molecule has 164 valence electrons. The van der Waals surface area contributed by atoms with E-state index in [0.29, 0.717) is 12.4 Å². The number of rotatable bonds is 8.